The summed E-state index contributed by atoms with van der Waals surface area (Å²) < 4.78 is 46.9. The van der Waals surface area contributed by atoms with Crippen molar-refractivity contribution in [2.75, 3.05) is 0 Å². The van der Waals surface area contributed by atoms with Crippen LogP contribution in [0.4, 0.5) is 8.78 Å². The Bertz CT molecular complexity index is 494. The molecule has 0 aliphatic rings. The minimum absolute atomic E-state index is 0.0802. The summed E-state index contributed by atoms with van der Waals surface area (Å²) in [7, 11) is 0.757. The molecule has 0 aliphatic carbocycles. The monoisotopic (exact) mass is 387 g/mol. The molecule has 0 fully saturated rings. The molecule has 84 valence electrons. The van der Waals surface area contributed by atoms with Gasteiger partial charge in [0.2, 0.25) is 0 Å². The van der Waals surface area contributed by atoms with E-state index in [1.54, 1.807) is 22.6 Å². The second-order valence-corrected chi connectivity index (χ2v) is 6.40. The van der Waals surface area contributed by atoms with Crippen molar-refractivity contribution < 1.29 is 17.2 Å². The average Bonchev–Trinajstić information content (AvgIpc) is 2.00. The Kier molecular flexibility index (Phi) is 4.13. The van der Waals surface area contributed by atoms with E-state index in [9.17, 15) is 17.2 Å². The third-order valence-corrected chi connectivity index (χ3v) is 3.99. The predicted octanol–water partition coefficient (Wildman–Crippen LogP) is 3.20. The molecule has 0 radical (unpaired) electrons. The smallest absolute Gasteiger partial charge is 0.241 e. The van der Waals surface area contributed by atoms with Gasteiger partial charge < -0.3 is 0 Å². The van der Waals surface area contributed by atoms with Gasteiger partial charge in [-0.15, -0.1) is 0 Å². The Hall–Kier alpha value is 0.270. The van der Waals surface area contributed by atoms with E-state index in [0.717, 1.165) is 6.20 Å². The molecule has 0 unspecified atom stereocenters. The molecule has 3 nitrogen and oxygen atoms in total. The number of alkyl halides is 2. The fourth-order valence-electron chi connectivity index (χ4n) is 0.832. The molecule has 0 amide bonds. The first kappa shape index (κ1) is 13.3. The lowest BCUT2D eigenvalue weighted by Gasteiger charge is -2.07. The maximum atomic E-state index is 12.5. The van der Waals surface area contributed by atoms with Gasteiger partial charge >= 0.3 is 0 Å². The van der Waals surface area contributed by atoms with Crippen LogP contribution in [-0.4, -0.2) is 13.4 Å². The summed E-state index contributed by atoms with van der Waals surface area (Å²) in [5, 5.41) is -1.38. The van der Waals surface area contributed by atoms with Crippen LogP contribution in [0.3, 0.4) is 0 Å². The molecule has 0 saturated carbocycles. The van der Waals surface area contributed by atoms with Gasteiger partial charge in [-0.1, -0.05) is 11.6 Å². The Labute approximate surface area is 107 Å². The maximum absolute atomic E-state index is 12.5. The molecule has 1 aromatic heterocycles. The van der Waals surface area contributed by atoms with Gasteiger partial charge in [0.25, 0.3) is 15.5 Å². The summed E-state index contributed by atoms with van der Waals surface area (Å²) in [6.45, 7) is 0. The number of hydrogen-bond donors (Lipinski definition) is 0. The lowest BCUT2D eigenvalue weighted by molar-refractivity contribution is 0.150. The highest BCUT2D eigenvalue weighted by Gasteiger charge is 2.25. The molecule has 0 aliphatic heterocycles. The van der Waals surface area contributed by atoms with Crippen molar-refractivity contribution in [1.29, 1.82) is 0 Å². The standard InChI is InChI=1S/C6H2Cl2F2INO2S/c7-4-3(5(9)10)2(11)1-12-6(4)15(8,13)14/h1,5H. The second-order valence-electron chi connectivity index (χ2n) is 2.38. The highest BCUT2D eigenvalue weighted by molar-refractivity contribution is 14.1. The lowest BCUT2D eigenvalue weighted by atomic mass is 10.3. The van der Waals surface area contributed by atoms with Gasteiger partial charge in [0.15, 0.2) is 5.03 Å². The van der Waals surface area contributed by atoms with Gasteiger partial charge in [-0.05, 0) is 22.6 Å². The Morgan fingerprint density at radius 2 is 2.00 bits per heavy atom. The SMILES string of the molecule is O=S(=O)(Cl)c1ncc(I)c(C(F)F)c1Cl. The second kappa shape index (κ2) is 4.64. The van der Waals surface area contributed by atoms with Crippen LogP contribution in [-0.2, 0) is 9.05 Å². The van der Waals surface area contributed by atoms with E-state index in [2.05, 4.69) is 4.98 Å². The fraction of sp³-hybridized carbons (Fsp3) is 0.167. The molecule has 0 atom stereocenters. The van der Waals surface area contributed by atoms with Crippen LogP contribution in [0, 0.1) is 3.57 Å². The lowest BCUT2D eigenvalue weighted by Crippen LogP contribution is -2.02. The van der Waals surface area contributed by atoms with Gasteiger partial charge in [0.1, 0.15) is 0 Å². The van der Waals surface area contributed by atoms with E-state index in [0.29, 0.717) is 0 Å². The van der Waals surface area contributed by atoms with Gasteiger partial charge in [0.05, 0.1) is 10.6 Å². The normalized spacial score (nSPS) is 12.1. The van der Waals surface area contributed by atoms with Crippen LogP contribution in [0.5, 0.6) is 0 Å². The Morgan fingerprint density at radius 1 is 1.47 bits per heavy atom. The molecule has 15 heavy (non-hydrogen) atoms. The van der Waals surface area contributed by atoms with Gasteiger partial charge in [-0.3, -0.25) is 0 Å². The predicted molar refractivity (Wildman–Crippen MR) is 60.0 cm³/mol. The Balaban J connectivity index is 3.56. The van der Waals surface area contributed by atoms with Crippen LogP contribution >= 0.6 is 44.9 Å². The number of hydrogen-bond acceptors (Lipinski definition) is 3. The van der Waals surface area contributed by atoms with Crippen molar-refractivity contribution in [3.63, 3.8) is 0 Å². The van der Waals surface area contributed by atoms with E-state index in [4.69, 9.17) is 22.3 Å². The molecule has 0 saturated heterocycles. The van der Waals surface area contributed by atoms with Crippen molar-refractivity contribution in [3.05, 3.63) is 20.4 Å². The average molecular weight is 388 g/mol. The molecular formula is C6H2Cl2F2INO2S. The third-order valence-electron chi connectivity index (χ3n) is 1.43. The highest BCUT2D eigenvalue weighted by Crippen LogP contribution is 2.35. The summed E-state index contributed by atoms with van der Waals surface area (Å²) in [5.74, 6) is 0. The number of rotatable bonds is 2. The highest BCUT2D eigenvalue weighted by atomic mass is 127. The van der Waals surface area contributed by atoms with E-state index in [-0.39, 0.29) is 3.57 Å². The van der Waals surface area contributed by atoms with Crippen LogP contribution in [0.2, 0.25) is 5.02 Å². The van der Waals surface area contributed by atoms with Crippen molar-refractivity contribution in [2.24, 2.45) is 0 Å². The molecule has 0 N–H and O–H groups in total. The summed E-state index contributed by atoms with van der Waals surface area (Å²) in [4.78, 5) is 3.40. The molecule has 9 heteroatoms. The number of aromatic nitrogens is 1. The minimum atomic E-state index is -4.21. The third kappa shape index (κ3) is 2.89. The molecule has 0 spiro atoms. The van der Waals surface area contributed by atoms with Crippen LogP contribution in [0.1, 0.15) is 12.0 Å². The van der Waals surface area contributed by atoms with E-state index < -0.39 is 31.1 Å². The van der Waals surface area contributed by atoms with Crippen molar-refractivity contribution in [3.8, 4) is 0 Å². The number of pyridine rings is 1. The molecular weight excluding hydrogens is 386 g/mol. The van der Waals surface area contributed by atoms with Gasteiger partial charge in [-0.25, -0.2) is 22.2 Å². The molecule has 0 aromatic carbocycles. The van der Waals surface area contributed by atoms with Gasteiger partial charge in [0, 0.05) is 20.4 Å². The summed E-state index contributed by atoms with van der Waals surface area (Å²) in [5.41, 5.74) is -0.577. The van der Waals surface area contributed by atoms with E-state index in [1.165, 1.54) is 0 Å². The van der Waals surface area contributed by atoms with Gasteiger partial charge in [-0.2, -0.15) is 0 Å². The van der Waals surface area contributed by atoms with Crippen LogP contribution in [0.15, 0.2) is 11.2 Å². The zero-order valence-electron chi connectivity index (χ0n) is 6.72. The van der Waals surface area contributed by atoms with Crippen molar-refractivity contribution in [1.82, 2.24) is 4.98 Å². The molecule has 1 heterocycles. The molecule has 1 rings (SSSR count). The zero-order valence-corrected chi connectivity index (χ0v) is 11.2. The quantitative estimate of drug-likeness (QED) is 0.578. The number of halogens is 5. The summed E-state index contributed by atoms with van der Waals surface area (Å²) >= 11 is 7.06. The summed E-state index contributed by atoms with van der Waals surface area (Å²) in [6, 6.07) is 0. The largest absolute Gasteiger partial charge is 0.280 e. The number of nitrogens with zero attached hydrogens (tertiary/aromatic N) is 1. The molecule has 0 bridgehead atoms. The van der Waals surface area contributed by atoms with Crippen LogP contribution in [0.25, 0.3) is 0 Å². The van der Waals surface area contributed by atoms with E-state index >= 15 is 0 Å². The summed E-state index contributed by atoms with van der Waals surface area (Å²) in [6.07, 6.45) is -1.91. The van der Waals surface area contributed by atoms with E-state index in [1.807, 2.05) is 0 Å². The van der Waals surface area contributed by atoms with Crippen molar-refractivity contribution in [2.45, 2.75) is 11.5 Å². The minimum Gasteiger partial charge on any atom is -0.241 e. The van der Waals surface area contributed by atoms with Crippen LogP contribution < -0.4 is 0 Å². The Morgan fingerprint density at radius 3 is 2.40 bits per heavy atom. The first-order chi connectivity index (χ1) is 6.75. The van der Waals surface area contributed by atoms with Crippen molar-refractivity contribution >= 4 is 53.9 Å². The topological polar surface area (TPSA) is 47.0 Å². The first-order valence-electron chi connectivity index (χ1n) is 3.32. The first-order valence-corrected chi connectivity index (χ1v) is 7.08. The maximum Gasteiger partial charge on any atom is 0.280 e. The fourth-order valence-corrected chi connectivity index (χ4v) is 3.15. The molecule has 1 aromatic rings. The zero-order chi connectivity index (χ0) is 11.8.